The normalized spacial score (nSPS) is 18.5. The Kier molecular flexibility index (Phi) is 3.75. The first-order valence-corrected chi connectivity index (χ1v) is 4.68. The highest BCUT2D eigenvalue weighted by Crippen LogP contribution is 2.28. The van der Waals surface area contributed by atoms with Gasteiger partial charge in [0.25, 0.3) is 22.9 Å². The smallest absolute Gasteiger partial charge is 0.143 e. The molecule has 1 atom stereocenters. The van der Waals surface area contributed by atoms with Gasteiger partial charge in [0.05, 0.1) is 0 Å². The number of hydrogen-bond acceptors (Lipinski definition) is 2. The molecular formula is C7H19IN3+. The van der Waals surface area contributed by atoms with E-state index in [1.807, 2.05) is 7.05 Å². The van der Waals surface area contributed by atoms with Gasteiger partial charge in [0, 0.05) is 21.1 Å². The number of hydrogen-bond donors (Lipinski definition) is 1. The van der Waals surface area contributed by atoms with E-state index in [0.29, 0.717) is 2.91 Å². The van der Waals surface area contributed by atoms with Crippen LogP contribution in [-0.2, 0) is 0 Å². The molecule has 0 aromatic heterocycles. The zero-order valence-corrected chi connectivity index (χ0v) is 10.4. The maximum Gasteiger partial charge on any atom is 0.297 e. The standard InChI is InChI=1S/C7H19IN3/c1-7(2,3)11(8,9-4)10(5)6/h9H,1-6H3/q+1. The summed E-state index contributed by atoms with van der Waals surface area (Å²) in [6.07, 6.45) is 0. The molecule has 0 amide bonds. The summed E-state index contributed by atoms with van der Waals surface area (Å²) in [4.78, 5) is 0. The maximum absolute atomic E-state index is 3.27. The van der Waals surface area contributed by atoms with Gasteiger partial charge in [0.1, 0.15) is 5.54 Å². The summed E-state index contributed by atoms with van der Waals surface area (Å²) in [5.41, 5.74) is 3.43. The number of nitrogens with one attached hydrogen (secondary N) is 1. The molecule has 0 aromatic rings. The largest absolute Gasteiger partial charge is 0.297 e. The SMILES string of the molecule is CN[N+](I)(N(C)C)C(C)(C)C. The molecule has 1 unspecified atom stereocenters. The van der Waals surface area contributed by atoms with Gasteiger partial charge in [-0.05, 0) is 20.8 Å². The summed E-state index contributed by atoms with van der Waals surface area (Å²) in [6, 6.07) is 0. The predicted octanol–water partition coefficient (Wildman–Crippen LogP) is 1.56. The van der Waals surface area contributed by atoms with E-state index < -0.39 is 0 Å². The van der Waals surface area contributed by atoms with Crippen molar-refractivity contribution in [3.63, 3.8) is 0 Å². The third kappa shape index (κ3) is 2.27. The van der Waals surface area contributed by atoms with Crippen molar-refractivity contribution in [1.82, 2.24) is 10.4 Å². The van der Waals surface area contributed by atoms with Crippen molar-refractivity contribution in [2.24, 2.45) is 0 Å². The molecule has 0 aliphatic rings. The molecule has 0 bridgehead atoms. The first kappa shape index (κ1) is 11.6. The molecule has 0 fully saturated rings. The quantitative estimate of drug-likeness (QED) is 0.466. The fourth-order valence-electron chi connectivity index (χ4n) is 1.14. The Morgan fingerprint density at radius 2 is 1.64 bits per heavy atom. The third-order valence-electron chi connectivity index (χ3n) is 1.74. The van der Waals surface area contributed by atoms with Crippen LogP contribution in [0.2, 0.25) is 0 Å². The zero-order chi connectivity index (χ0) is 9.28. The summed E-state index contributed by atoms with van der Waals surface area (Å²) < 4.78 is 0.699. The average molecular weight is 272 g/mol. The first-order valence-electron chi connectivity index (χ1n) is 3.71. The van der Waals surface area contributed by atoms with Crippen molar-refractivity contribution >= 4 is 22.9 Å². The Hall–Kier alpha value is 0.610. The van der Waals surface area contributed by atoms with Crippen molar-refractivity contribution in [2.75, 3.05) is 21.1 Å². The molecule has 0 saturated heterocycles. The predicted molar refractivity (Wildman–Crippen MR) is 56.8 cm³/mol. The summed E-state index contributed by atoms with van der Waals surface area (Å²) in [5.74, 6) is 0. The minimum Gasteiger partial charge on any atom is -0.143 e. The molecule has 68 valence electrons. The van der Waals surface area contributed by atoms with Crippen LogP contribution >= 0.6 is 22.9 Å². The van der Waals surface area contributed by atoms with E-state index >= 15 is 0 Å². The molecule has 0 spiro atoms. The first-order chi connectivity index (χ1) is 4.75. The van der Waals surface area contributed by atoms with Crippen LogP contribution in [0, 0.1) is 0 Å². The molecule has 0 aromatic carbocycles. The van der Waals surface area contributed by atoms with Crippen LogP contribution in [0.4, 0.5) is 0 Å². The van der Waals surface area contributed by atoms with Crippen LogP contribution in [-0.4, -0.2) is 34.6 Å². The van der Waals surface area contributed by atoms with Gasteiger partial charge < -0.3 is 0 Å². The molecule has 0 saturated carbocycles. The molecule has 0 aliphatic heterocycles. The fourth-order valence-corrected chi connectivity index (χ4v) is 1.14. The van der Waals surface area contributed by atoms with Gasteiger partial charge in [-0.3, -0.25) is 0 Å². The van der Waals surface area contributed by atoms with Crippen LogP contribution in [0.5, 0.6) is 0 Å². The molecular weight excluding hydrogens is 253 g/mol. The highest BCUT2D eigenvalue weighted by atomic mass is 127. The lowest BCUT2D eigenvalue weighted by Gasteiger charge is -2.43. The lowest BCUT2D eigenvalue weighted by molar-refractivity contribution is -0.954. The molecule has 0 rings (SSSR count). The second kappa shape index (κ2) is 3.55. The third-order valence-corrected chi connectivity index (χ3v) is 4.53. The number of rotatable bonds is 2. The van der Waals surface area contributed by atoms with Gasteiger partial charge in [-0.2, -0.15) is 0 Å². The lowest BCUT2D eigenvalue weighted by Crippen LogP contribution is -2.65. The van der Waals surface area contributed by atoms with Crippen molar-refractivity contribution in [1.29, 1.82) is 0 Å². The van der Waals surface area contributed by atoms with E-state index in [2.05, 4.69) is 68.2 Å². The van der Waals surface area contributed by atoms with Crippen LogP contribution in [0.15, 0.2) is 0 Å². The lowest BCUT2D eigenvalue weighted by atomic mass is 10.1. The minimum absolute atomic E-state index is 0.165. The van der Waals surface area contributed by atoms with E-state index in [1.165, 1.54) is 0 Å². The molecule has 0 aliphatic carbocycles. The Bertz CT molecular complexity index is 130. The van der Waals surface area contributed by atoms with Crippen molar-refractivity contribution in [3.05, 3.63) is 0 Å². The zero-order valence-electron chi connectivity index (χ0n) is 8.27. The summed E-state index contributed by atoms with van der Waals surface area (Å²) >= 11 is 2.39. The van der Waals surface area contributed by atoms with Gasteiger partial charge >= 0.3 is 0 Å². The Morgan fingerprint density at radius 1 is 1.27 bits per heavy atom. The molecule has 1 N–H and O–H groups in total. The van der Waals surface area contributed by atoms with Gasteiger partial charge in [-0.15, -0.1) is 13.3 Å². The van der Waals surface area contributed by atoms with E-state index in [4.69, 9.17) is 0 Å². The second-order valence-electron chi connectivity index (χ2n) is 3.80. The van der Waals surface area contributed by atoms with Gasteiger partial charge in [-0.1, -0.05) is 0 Å². The molecule has 3 nitrogen and oxygen atoms in total. The monoisotopic (exact) mass is 272 g/mol. The van der Waals surface area contributed by atoms with Crippen LogP contribution < -0.4 is 5.43 Å². The van der Waals surface area contributed by atoms with Crippen LogP contribution in [0.1, 0.15) is 20.8 Å². The van der Waals surface area contributed by atoms with Gasteiger partial charge in [0.2, 0.25) is 0 Å². The molecule has 11 heavy (non-hydrogen) atoms. The number of nitrogens with zero attached hydrogens (tertiary/aromatic N) is 2. The molecule has 0 radical (unpaired) electrons. The maximum atomic E-state index is 3.27. The molecule has 4 heteroatoms. The van der Waals surface area contributed by atoms with Gasteiger partial charge in [0.15, 0.2) is 0 Å². The highest BCUT2D eigenvalue weighted by molar-refractivity contribution is 14.1. The average Bonchev–Trinajstić information content (AvgIpc) is 1.83. The van der Waals surface area contributed by atoms with E-state index in [-0.39, 0.29) is 5.54 Å². The van der Waals surface area contributed by atoms with Crippen molar-refractivity contribution in [2.45, 2.75) is 26.3 Å². The van der Waals surface area contributed by atoms with Crippen molar-refractivity contribution in [3.8, 4) is 0 Å². The Balaban J connectivity index is 4.61. The van der Waals surface area contributed by atoms with Crippen LogP contribution in [0.3, 0.4) is 0 Å². The summed E-state index contributed by atoms with van der Waals surface area (Å²) in [5, 5.41) is 2.14. The highest BCUT2D eigenvalue weighted by Gasteiger charge is 2.41. The number of quaternary nitrogens is 1. The minimum atomic E-state index is 0.165. The van der Waals surface area contributed by atoms with E-state index in [0.717, 1.165) is 0 Å². The summed E-state index contributed by atoms with van der Waals surface area (Å²) in [7, 11) is 6.10. The van der Waals surface area contributed by atoms with E-state index in [9.17, 15) is 0 Å². The fraction of sp³-hybridized carbons (Fsp3) is 1.00. The Morgan fingerprint density at radius 3 is 1.64 bits per heavy atom. The number of halogens is 1. The topological polar surface area (TPSA) is 15.3 Å². The van der Waals surface area contributed by atoms with Gasteiger partial charge in [-0.25, -0.2) is 0 Å². The second-order valence-corrected chi connectivity index (χ2v) is 5.19. The van der Waals surface area contributed by atoms with Crippen LogP contribution in [0.25, 0.3) is 0 Å². The van der Waals surface area contributed by atoms with E-state index in [1.54, 1.807) is 0 Å². The Labute approximate surface area is 83.8 Å². The summed E-state index contributed by atoms with van der Waals surface area (Å²) in [6.45, 7) is 6.61. The van der Waals surface area contributed by atoms with Crippen molar-refractivity contribution < 1.29 is 2.91 Å². The molecule has 0 heterocycles.